The van der Waals surface area contributed by atoms with Crippen LogP contribution in [0.4, 0.5) is 4.79 Å². The highest BCUT2D eigenvalue weighted by Crippen LogP contribution is 2.44. The fourth-order valence-electron chi connectivity index (χ4n) is 3.97. The number of fused-ring (bicyclic) bond motifs is 3. The second-order valence-electron chi connectivity index (χ2n) is 7.99. The zero-order chi connectivity index (χ0) is 24.1. The molecule has 2 atom stereocenters. The Balaban J connectivity index is 1.42. The number of benzene rings is 2. The van der Waals surface area contributed by atoms with E-state index in [0.717, 1.165) is 22.3 Å². The van der Waals surface area contributed by atoms with Gasteiger partial charge in [-0.2, -0.15) is 0 Å². The maximum absolute atomic E-state index is 12.7. The molecule has 1 aliphatic rings. The number of nitrogens with one attached hydrogen (secondary N) is 3. The number of carboxylic acids is 1. The number of hydrogen-bond acceptors (Lipinski definition) is 5. The second kappa shape index (κ2) is 10.2. The minimum Gasteiger partial charge on any atom is -0.479 e. The van der Waals surface area contributed by atoms with Crippen LogP contribution in [0, 0.1) is 0 Å². The third kappa shape index (κ3) is 5.10. The van der Waals surface area contributed by atoms with Crippen LogP contribution in [-0.4, -0.2) is 46.8 Å². The van der Waals surface area contributed by atoms with Gasteiger partial charge in [0.1, 0.15) is 12.6 Å². The lowest BCUT2D eigenvalue weighted by molar-refractivity contribution is -0.159. The molecule has 2 aromatic carbocycles. The molecule has 9 nitrogen and oxygen atoms in total. The first-order valence-electron chi connectivity index (χ1n) is 10.9. The van der Waals surface area contributed by atoms with E-state index in [1.807, 2.05) is 48.5 Å². The number of amides is 2. The summed E-state index contributed by atoms with van der Waals surface area (Å²) in [5.41, 5.74) is 7.18. The molecule has 176 valence electrons. The van der Waals surface area contributed by atoms with Crippen LogP contribution in [0.15, 0.2) is 66.9 Å². The molecule has 0 saturated heterocycles. The number of hydroxylamine groups is 1. The van der Waals surface area contributed by atoms with Gasteiger partial charge in [-0.3, -0.25) is 9.63 Å². The molecule has 9 heteroatoms. The number of carbonyl (C=O) groups excluding carboxylic acids is 2. The van der Waals surface area contributed by atoms with Gasteiger partial charge in [-0.15, -0.1) is 0 Å². The molecule has 0 saturated carbocycles. The van der Waals surface area contributed by atoms with Gasteiger partial charge in [0.15, 0.2) is 6.10 Å². The molecule has 1 aromatic heterocycles. The predicted octanol–water partition coefficient (Wildman–Crippen LogP) is 2.99. The quantitative estimate of drug-likeness (QED) is 0.361. The molecular formula is C25H25N3O6. The van der Waals surface area contributed by atoms with Crippen molar-refractivity contribution in [2.24, 2.45) is 0 Å². The lowest BCUT2D eigenvalue weighted by Gasteiger charge is -2.20. The fraction of sp³-hybridized carbons (Fsp3) is 0.240. The highest BCUT2D eigenvalue weighted by atomic mass is 16.7. The lowest BCUT2D eigenvalue weighted by Crippen LogP contribution is -2.49. The monoisotopic (exact) mass is 463 g/mol. The van der Waals surface area contributed by atoms with Crippen molar-refractivity contribution in [3.05, 3.63) is 83.7 Å². The number of hydrogen-bond donors (Lipinski definition) is 4. The zero-order valence-corrected chi connectivity index (χ0v) is 18.5. The van der Waals surface area contributed by atoms with E-state index in [0.29, 0.717) is 5.69 Å². The van der Waals surface area contributed by atoms with Gasteiger partial charge in [-0.05, 0) is 41.3 Å². The highest BCUT2D eigenvalue weighted by molar-refractivity contribution is 5.85. The summed E-state index contributed by atoms with van der Waals surface area (Å²) in [5, 5.41) is 11.5. The number of aliphatic carboxylic acids is 1. The normalized spacial score (nSPS) is 13.9. The van der Waals surface area contributed by atoms with Crippen LogP contribution in [0.2, 0.25) is 0 Å². The van der Waals surface area contributed by atoms with Gasteiger partial charge in [0.05, 0.1) is 0 Å². The summed E-state index contributed by atoms with van der Waals surface area (Å²) >= 11 is 0. The highest BCUT2D eigenvalue weighted by Gasteiger charge is 2.30. The number of H-pyrrole nitrogens is 1. The molecule has 2 amide bonds. The molecule has 4 N–H and O–H groups in total. The third-order valence-electron chi connectivity index (χ3n) is 5.72. The van der Waals surface area contributed by atoms with Gasteiger partial charge in [0.25, 0.3) is 5.91 Å². The van der Waals surface area contributed by atoms with Gasteiger partial charge >= 0.3 is 12.1 Å². The van der Waals surface area contributed by atoms with Crippen LogP contribution >= 0.6 is 0 Å². The minimum atomic E-state index is -1.25. The summed E-state index contributed by atoms with van der Waals surface area (Å²) < 4.78 is 5.53. The minimum absolute atomic E-state index is 0.100. The summed E-state index contributed by atoms with van der Waals surface area (Å²) in [4.78, 5) is 44.0. The number of ether oxygens (including phenoxy) is 1. The molecule has 1 aliphatic carbocycles. The molecule has 4 rings (SSSR count). The third-order valence-corrected chi connectivity index (χ3v) is 5.72. The van der Waals surface area contributed by atoms with Crippen LogP contribution in [0.3, 0.4) is 0 Å². The van der Waals surface area contributed by atoms with E-state index in [-0.39, 0.29) is 18.9 Å². The first-order chi connectivity index (χ1) is 16.4. The molecule has 2 unspecified atom stereocenters. The van der Waals surface area contributed by atoms with Crippen LogP contribution in [-0.2, 0) is 25.6 Å². The van der Waals surface area contributed by atoms with Gasteiger partial charge in [-0.25, -0.2) is 15.1 Å². The van der Waals surface area contributed by atoms with Crippen molar-refractivity contribution in [1.29, 1.82) is 0 Å². The number of carbonyl (C=O) groups is 3. The van der Waals surface area contributed by atoms with Gasteiger partial charge < -0.3 is 20.1 Å². The topological polar surface area (TPSA) is 130 Å². The van der Waals surface area contributed by atoms with Crippen LogP contribution in [0.5, 0.6) is 0 Å². The van der Waals surface area contributed by atoms with E-state index in [1.54, 1.807) is 18.3 Å². The fourth-order valence-corrected chi connectivity index (χ4v) is 3.97. The molecule has 0 radical (unpaired) electrons. The Kier molecular flexibility index (Phi) is 6.93. The zero-order valence-electron chi connectivity index (χ0n) is 18.5. The summed E-state index contributed by atoms with van der Waals surface area (Å²) in [7, 11) is 0. The van der Waals surface area contributed by atoms with Crippen molar-refractivity contribution in [1.82, 2.24) is 15.8 Å². The van der Waals surface area contributed by atoms with E-state index in [9.17, 15) is 14.4 Å². The van der Waals surface area contributed by atoms with E-state index < -0.39 is 30.1 Å². The average molecular weight is 463 g/mol. The standard InChI is InChI=1S/C25H25N3O6/c1-15(24(30)31)34-28-23(29)22(13-16-7-6-12-26-16)27-25(32)33-14-21-19-10-4-2-8-17(19)18-9-3-5-11-20(18)21/h2-12,15,21-22,26H,13-14H2,1H3,(H,27,32)(H,28,29)(H,30,31). The first-order valence-corrected chi connectivity index (χ1v) is 10.9. The number of rotatable bonds is 9. The summed E-state index contributed by atoms with van der Waals surface area (Å²) in [5.74, 6) is -2.05. The average Bonchev–Trinajstić information content (AvgIpc) is 3.46. The van der Waals surface area contributed by atoms with E-state index >= 15 is 0 Å². The second-order valence-corrected chi connectivity index (χ2v) is 7.99. The first kappa shape index (κ1) is 23.1. The van der Waals surface area contributed by atoms with Crippen molar-refractivity contribution >= 4 is 18.0 Å². The Morgan fingerprint density at radius 2 is 1.65 bits per heavy atom. The van der Waals surface area contributed by atoms with Crippen molar-refractivity contribution in [3.8, 4) is 11.1 Å². The Hall–Kier alpha value is -4.11. The Bertz CT molecular complexity index is 1130. The van der Waals surface area contributed by atoms with Gasteiger partial charge in [-0.1, -0.05) is 48.5 Å². The molecule has 0 bridgehead atoms. The SMILES string of the molecule is CC(ONC(=O)C(Cc1ccc[nH]1)NC(=O)OCC1c2ccccc2-c2ccccc21)C(=O)O. The molecule has 0 fully saturated rings. The number of alkyl carbamates (subject to hydrolysis) is 1. The van der Waals surface area contributed by atoms with Crippen molar-refractivity contribution in [3.63, 3.8) is 0 Å². The maximum atomic E-state index is 12.7. The van der Waals surface area contributed by atoms with Gasteiger partial charge in [0.2, 0.25) is 0 Å². The van der Waals surface area contributed by atoms with Crippen molar-refractivity contribution < 1.29 is 29.1 Å². The van der Waals surface area contributed by atoms with E-state index in [4.69, 9.17) is 14.7 Å². The van der Waals surface area contributed by atoms with Crippen LogP contribution in [0.1, 0.15) is 29.7 Å². The Morgan fingerprint density at radius 3 is 2.24 bits per heavy atom. The molecular weight excluding hydrogens is 438 g/mol. The molecule has 3 aromatic rings. The predicted molar refractivity (Wildman–Crippen MR) is 123 cm³/mol. The lowest BCUT2D eigenvalue weighted by atomic mass is 9.98. The summed E-state index contributed by atoms with van der Waals surface area (Å²) in [6.07, 6.45) is -0.182. The van der Waals surface area contributed by atoms with E-state index in [1.165, 1.54) is 6.92 Å². The van der Waals surface area contributed by atoms with Gasteiger partial charge in [0, 0.05) is 24.2 Å². The smallest absolute Gasteiger partial charge is 0.407 e. The number of aromatic amines is 1. The molecule has 34 heavy (non-hydrogen) atoms. The Morgan fingerprint density at radius 1 is 1.00 bits per heavy atom. The largest absolute Gasteiger partial charge is 0.479 e. The van der Waals surface area contributed by atoms with E-state index in [2.05, 4.69) is 15.8 Å². The van der Waals surface area contributed by atoms with Crippen LogP contribution in [0.25, 0.3) is 11.1 Å². The molecule has 0 aliphatic heterocycles. The van der Waals surface area contributed by atoms with Crippen LogP contribution < -0.4 is 10.8 Å². The Labute approximate surface area is 196 Å². The number of aromatic nitrogens is 1. The molecule has 0 spiro atoms. The summed E-state index contributed by atoms with van der Waals surface area (Å²) in [6.45, 7) is 1.38. The van der Waals surface area contributed by atoms with Crippen molar-refractivity contribution in [2.45, 2.75) is 31.4 Å². The number of carboxylic acid groups (broad SMARTS) is 1. The maximum Gasteiger partial charge on any atom is 0.407 e. The van der Waals surface area contributed by atoms with Crippen molar-refractivity contribution in [2.75, 3.05) is 6.61 Å². The summed E-state index contributed by atoms with van der Waals surface area (Å²) in [6, 6.07) is 18.5. The molecule has 1 heterocycles.